The molecule has 2 aromatic rings. The molecule has 4 heteroatoms. The van der Waals surface area contributed by atoms with Gasteiger partial charge in [-0.2, -0.15) is 0 Å². The molecule has 0 fully saturated rings. The molecule has 1 atom stereocenters. The molecule has 0 saturated heterocycles. The predicted molar refractivity (Wildman–Crippen MR) is 84.4 cm³/mol. The van der Waals surface area contributed by atoms with E-state index in [1.807, 2.05) is 60.7 Å². The Labute approximate surface area is 127 Å². The molecule has 3 nitrogen and oxygen atoms in total. The highest BCUT2D eigenvalue weighted by molar-refractivity contribution is 7.85. The first-order valence-electron chi connectivity index (χ1n) is 6.76. The Bertz CT molecular complexity index is 556. The molecule has 0 radical (unpaired) electrons. The summed E-state index contributed by atoms with van der Waals surface area (Å²) in [6.45, 7) is 0. The molecule has 0 aliphatic heterocycles. The third kappa shape index (κ3) is 4.26. The highest BCUT2D eigenvalue weighted by Gasteiger charge is 2.21. The van der Waals surface area contributed by atoms with Crippen molar-refractivity contribution in [1.29, 1.82) is 0 Å². The van der Waals surface area contributed by atoms with Crippen molar-refractivity contribution in [2.24, 2.45) is 0 Å². The molecule has 0 aliphatic rings. The van der Waals surface area contributed by atoms with E-state index in [0.29, 0.717) is 5.75 Å². The first-order valence-corrected chi connectivity index (χ1v) is 8.14. The third-order valence-electron chi connectivity index (χ3n) is 3.20. The summed E-state index contributed by atoms with van der Waals surface area (Å²) in [4.78, 5) is 11.3. The number of hydrogen-bond acceptors (Lipinski definition) is 3. The number of carbonyl (C=O) groups excluding carboxylic acids is 1. The molecule has 0 heterocycles. The lowest BCUT2D eigenvalue weighted by atomic mass is 10.0. The van der Waals surface area contributed by atoms with Crippen molar-refractivity contribution in [2.75, 3.05) is 12.9 Å². The number of rotatable bonds is 6. The Hall–Kier alpha value is -1.94. The second kappa shape index (κ2) is 7.74. The predicted octanol–water partition coefficient (Wildman–Crippen LogP) is 3.09. The van der Waals surface area contributed by atoms with Gasteiger partial charge in [0.2, 0.25) is 0 Å². The van der Waals surface area contributed by atoms with Gasteiger partial charge in [0, 0.05) is 16.6 Å². The Morgan fingerprint density at radius 2 is 1.48 bits per heavy atom. The molecule has 2 rings (SSSR count). The third-order valence-corrected chi connectivity index (χ3v) is 4.88. The molecule has 0 N–H and O–H groups in total. The average molecular weight is 302 g/mol. The van der Waals surface area contributed by atoms with E-state index in [1.54, 1.807) is 0 Å². The number of benzene rings is 2. The van der Waals surface area contributed by atoms with Gasteiger partial charge in [-0.25, -0.2) is 0 Å². The van der Waals surface area contributed by atoms with Gasteiger partial charge in [0.1, 0.15) is 0 Å². The monoisotopic (exact) mass is 302 g/mol. The quantitative estimate of drug-likeness (QED) is 0.770. The van der Waals surface area contributed by atoms with Crippen LogP contribution < -0.4 is 0 Å². The van der Waals surface area contributed by atoms with Crippen LogP contribution in [0.2, 0.25) is 0 Å². The second-order valence-electron chi connectivity index (χ2n) is 4.61. The SMILES string of the molecule is COC(=O)CCS(=O)C(c1ccccc1)c1ccccc1. The number of carbonyl (C=O) groups is 1. The molecule has 0 spiro atoms. The molecule has 1 unspecified atom stereocenters. The molecular formula is C17H18O3S. The summed E-state index contributed by atoms with van der Waals surface area (Å²) < 4.78 is 17.3. The van der Waals surface area contributed by atoms with Crippen LogP contribution in [0.1, 0.15) is 22.8 Å². The lowest BCUT2D eigenvalue weighted by Gasteiger charge is -2.17. The van der Waals surface area contributed by atoms with Crippen molar-refractivity contribution in [2.45, 2.75) is 11.7 Å². The van der Waals surface area contributed by atoms with Gasteiger partial charge in [-0.1, -0.05) is 60.7 Å². The minimum atomic E-state index is -1.18. The zero-order valence-corrected chi connectivity index (χ0v) is 12.7. The van der Waals surface area contributed by atoms with Gasteiger partial charge in [0.25, 0.3) is 0 Å². The fourth-order valence-corrected chi connectivity index (χ4v) is 3.68. The van der Waals surface area contributed by atoms with Gasteiger partial charge in [0.15, 0.2) is 0 Å². The molecule has 2 aromatic carbocycles. The van der Waals surface area contributed by atoms with Crippen LogP contribution in [0.3, 0.4) is 0 Å². The van der Waals surface area contributed by atoms with Crippen molar-refractivity contribution in [1.82, 2.24) is 0 Å². The van der Waals surface area contributed by atoms with Gasteiger partial charge >= 0.3 is 5.97 Å². The summed E-state index contributed by atoms with van der Waals surface area (Å²) in [5, 5.41) is -0.225. The summed E-state index contributed by atoms with van der Waals surface area (Å²) >= 11 is 0. The van der Waals surface area contributed by atoms with Crippen molar-refractivity contribution in [3.05, 3.63) is 71.8 Å². The van der Waals surface area contributed by atoms with E-state index in [1.165, 1.54) is 7.11 Å². The molecule has 0 aliphatic carbocycles. The number of methoxy groups -OCH3 is 1. The smallest absolute Gasteiger partial charge is 0.306 e. The van der Waals surface area contributed by atoms with E-state index in [9.17, 15) is 9.00 Å². The van der Waals surface area contributed by atoms with Gasteiger partial charge < -0.3 is 4.74 Å². The maximum atomic E-state index is 12.7. The number of ether oxygens (including phenoxy) is 1. The van der Waals surface area contributed by atoms with Gasteiger partial charge in [-0.15, -0.1) is 0 Å². The standard InChI is InChI=1S/C17H18O3S/c1-20-16(18)12-13-21(19)17(14-8-4-2-5-9-14)15-10-6-3-7-11-15/h2-11,17H,12-13H2,1H3. The molecule has 21 heavy (non-hydrogen) atoms. The lowest BCUT2D eigenvalue weighted by Crippen LogP contribution is -2.14. The van der Waals surface area contributed by atoms with Crippen LogP contribution in [0.4, 0.5) is 0 Å². The molecule has 0 bridgehead atoms. The van der Waals surface area contributed by atoms with Crippen LogP contribution in [0.25, 0.3) is 0 Å². The summed E-state index contributed by atoms with van der Waals surface area (Å²) in [7, 11) is 0.162. The van der Waals surface area contributed by atoms with Crippen molar-refractivity contribution < 1.29 is 13.7 Å². The lowest BCUT2D eigenvalue weighted by molar-refractivity contribution is -0.140. The Kier molecular flexibility index (Phi) is 5.69. The van der Waals surface area contributed by atoms with Crippen LogP contribution >= 0.6 is 0 Å². The average Bonchev–Trinajstić information content (AvgIpc) is 2.55. The highest BCUT2D eigenvalue weighted by atomic mass is 32.2. The van der Waals surface area contributed by atoms with E-state index in [4.69, 9.17) is 0 Å². The first kappa shape index (κ1) is 15.4. The Morgan fingerprint density at radius 1 is 1.00 bits per heavy atom. The fourth-order valence-electron chi connectivity index (χ4n) is 2.16. The molecule has 0 amide bonds. The normalized spacial score (nSPS) is 12.1. The van der Waals surface area contributed by atoms with Crippen LogP contribution in [0.15, 0.2) is 60.7 Å². The van der Waals surface area contributed by atoms with Crippen LogP contribution in [-0.2, 0) is 20.3 Å². The van der Waals surface area contributed by atoms with E-state index in [-0.39, 0.29) is 17.6 Å². The minimum Gasteiger partial charge on any atom is -0.469 e. The zero-order chi connectivity index (χ0) is 15.1. The summed E-state index contributed by atoms with van der Waals surface area (Å²) in [5.41, 5.74) is 1.98. The maximum Gasteiger partial charge on any atom is 0.306 e. The van der Waals surface area contributed by atoms with E-state index in [2.05, 4.69) is 4.74 Å². The maximum absolute atomic E-state index is 12.7. The van der Waals surface area contributed by atoms with Crippen molar-refractivity contribution in [3.8, 4) is 0 Å². The molecule has 0 saturated carbocycles. The summed E-state index contributed by atoms with van der Waals surface area (Å²) in [6.07, 6.45) is 0.166. The summed E-state index contributed by atoms with van der Waals surface area (Å²) in [6, 6.07) is 19.5. The topological polar surface area (TPSA) is 43.4 Å². The largest absolute Gasteiger partial charge is 0.469 e. The number of esters is 1. The van der Waals surface area contributed by atoms with Gasteiger partial charge in [0.05, 0.1) is 18.8 Å². The zero-order valence-electron chi connectivity index (χ0n) is 11.9. The van der Waals surface area contributed by atoms with Crippen LogP contribution in [0.5, 0.6) is 0 Å². The van der Waals surface area contributed by atoms with E-state index < -0.39 is 10.8 Å². The number of hydrogen-bond donors (Lipinski definition) is 0. The first-order chi connectivity index (χ1) is 10.2. The molecular weight excluding hydrogens is 284 g/mol. The van der Waals surface area contributed by atoms with Crippen LogP contribution in [-0.4, -0.2) is 23.0 Å². The van der Waals surface area contributed by atoms with Crippen molar-refractivity contribution >= 4 is 16.8 Å². The van der Waals surface area contributed by atoms with Crippen molar-refractivity contribution in [3.63, 3.8) is 0 Å². The summed E-state index contributed by atoms with van der Waals surface area (Å²) in [5.74, 6) is -0.0376. The van der Waals surface area contributed by atoms with Crippen LogP contribution in [0, 0.1) is 0 Å². The highest BCUT2D eigenvalue weighted by Crippen LogP contribution is 2.28. The molecule has 0 aromatic heterocycles. The Balaban J connectivity index is 2.25. The molecule has 110 valence electrons. The fraction of sp³-hybridized carbons (Fsp3) is 0.235. The van der Waals surface area contributed by atoms with Gasteiger partial charge in [-0.05, 0) is 11.1 Å². The Morgan fingerprint density at radius 3 is 1.90 bits per heavy atom. The van der Waals surface area contributed by atoms with Gasteiger partial charge in [-0.3, -0.25) is 9.00 Å². The van der Waals surface area contributed by atoms with E-state index >= 15 is 0 Å². The van der Waals surface area contributed by atoms with E-state index in [0.717, 1.165) is 11.1 Å². The second-order valence-corrected chi connectivity index (χ2v) is 6.25. The minimum absolute atomic E-state index is 0.166.